The van der Waals surface area contributed by atoms with Crippen LogP contribution < -0.4 is 5.32 Å². The van der Waals surface area contributed by atoms with Crippen LogP contribution in [0.1, 0.15) is 29.8 Å². The summed E-state index contributed by atoms with van der Waals surface area (Å²) in [6.07, 6.45) is 3.89. The maximum atomic E-state index is 12.9. The Morgan fingerprint density at radius 2 is 1.79 bits per heavy atom. The summed E-state index contributed by atoms with van der Waals surface area (Å²) < 4.78 is 5.02. The van der Waals surface area contributed by atoms with Crippen LogP contribution in [0.3, 0.4) is 0 Å². The van der Waals surface area contributed by atoms with Gasteiger partial charge in [0, 0.05) is 38.1 Å². The van der Waals surface area contributed by atoms with Crippen LogP contribution in [-0.4, -0.2) is 59.6 Å². The van der Waals surface area contributed by atoms with E-state index in [1.54, 1.807) is 29.1 Å². The van der Waals surface area contributed by atoms with Crippen LogP contribution in [0.2, 0.25) is 0 Å². The number of anilines is 2. The van der Waals surface area contributed by atoms with E-state index in [1.165, 1.54) is 5.56 Å². The summed E-state index contributed by atoms with van der Waals surface area (Å²) in [6.45, 7) is 6.14. The molecule has 1 aliphatic heterocycles. The quantitative estimate of drug-likeness (QED) is 0.859. The fraction of sp³-hybridized carbons (Fsp3) is 0.381. The van der Waals surface area contributed by atoms with Crippen molar-refractivity contribution >= 4 is 23.4 Å². The number of aromatic nitrogens is 1. The summed E-state index contributed by atoms with van der Waals surface area (Å²) in [5.74, 6) is -0.0802. The van der Waals surface area contributed by atoms with Gasteiger partial charge >= 0.3 is 6.09 Å². The summed E-state index contributed by atoms with van der Waals surface area (Å²) in [6, 6.07) is 9.90. The van der Waals surface area contributed by atoms with Gasteiger partial charge in [-0.25, -0.2) is 4.79 Å². The monoisotopic (exact) mass is 382 g/mol. The molecule has 2 aromatic rings. The van der Waals surface area contributed by atoms with Gasteiger partial charge in [-0.05, 0) is 31.0 Å². The van der Waals surface area contributed by atoms with Gasteiger partial charge < -0.3 is 19.9 Å². The van der Waals surface area contributed by atoms with Gasteiger partial charge in [0.2, 0.25) is 0 Å². The van der Waals surface area contributed by atoms with E-state index in [0.29, 0.717) is 38.3 Å². The molecule has 1 aliphatic rings. The Morgan fingerprint density at radius 1 is 1.07 bits per heavy atom. The second-order valence-electron chi connectivity index (χ2n) is 6.58. The van der Waals surface area contributed by atoms with Gasteiger partial charge in [0.05, 0.1) is 24.1 Å². The number of rotatable bonds is 5. The molecule has 0 atom stereocenters. The zero-order valence-electron chi connectivity index (χ0n) is 16.4. The van der Waals surface area contributed by atoms with Gasteiger partial charge in [-0.1, -0.05) is 25.1 Å². The van der Waals surface area contributed by atoms with E-state index >= 15 is 0 Å². The molecule has 2 amide bonds. The van der Waals surface area contributed by atoms with Crippen LogP contribution in [-0.2, 0) is 11.2 Å². The fourth-order valence-electron chi connectivity index (χ4n) is 3.22. The maximum Gasteiger partial charge on any atom is 0.409 e. The summed E-state index contributed by atoms with van der Waals surface area (Å²) in [5, 5.41) is 3.36. The van der Waals surface area contributed by atoms with Crippen molar-refractivity contribution in [2.24, 2.45) is 0 Å². The number of ether oxygens (including phenoxy) is 1. The van der Waals surface area contributed by atoms with Crippen molar-refractivity contribution in [2.45, 2.75) is 20.3 Å². The van der Waals surface area contributed by atoms with Gasteiger partial charge in [0.25, 0.3) is 5.91 Å². The first kappa shape index (κ1) is 19.7. The largest absolute Gasteiger partial charge is 0.450 e. The zero-order chi connectivity index (χ0) is 19.9. The normalized spacial score (nSPS) is 13.9. The van der Waals surface area contributed by atoms with Crippen molar-refractivity contribution < 1.29 is 14.3 Å². The third kappa shape index (κ3) is 4.60. The lowest BCUT2D eigenvalue weighted by Crippen LogP contribution is -2.50. The minimum absolute atomic E-state index is 0.0802. The molecule has 0 aliphatic carbocycles. The number of para-hydroxylation sites is 1. The lowest BCUT2D eigenvalue weighted by atomic mass is 10.1. The third-order valence-corrected chi connectivity index (χ3v) is 4.76. The van der Waals surface area contributed by atoms with Crippen molar-refractivity contribution in [3.8, 4) is 0 Å². The van der Waals surface area contributed by atoms with Crippen LogP contribution in [0.25, 0.3) is 0 Å². The van der Waals surface area contributed by atoms with E-state index in [-0.39, 0.29) is 12.0 Å². The van der Waals surface area contributed by atoms with Gasteiger partial charge in [-0.2, -0.15) is 0 Å². The van der Waals surface area contributed by atoms with Gasteiger partial charge in [-0.15, -0.1) is 0 Å². The summed E-state index contributed by atoms with van der Waals surface area (Å²) >= 11 is 0. The fourth-order valence-corrected chi connectivity index (χ4v) is 3.22. The molecule has 1 N–H and O–H groups in total. The summed E-state index contributed by atoms with van der Waals surface area (Å²) in [5.41, 5.74) is 3.52. The number of nitrogens with zero attached hydrogens (tertiary/aromatic N) is 3. The molecular formula is C21H26N4O3. The Morgan fingerprint density at radius 3 is 2.50 bits per heavy atom. The molecule has 2 heterocycles. The molecule has 1 saturated heterocycles. The number of nitrogens with one attached hydrogen (secondary N) is 1. The first-order valence-electron chi connectivity index (χ1n) is 9.63. The lowest BCUT2D eigenvalue weighted by Gasteiger charge is -2.34. The standard InChI is InChI=1S/C21H26N4O3/c1-3-16-7-5-6-8-19(16)23-18-13-17(14-22-15-18)20(26)24-9-11-25(12-10-24)21(27)28-4-2/h5-8,13-15,23H,3-4,9-12H2,1-2H3. The predicted octanol–water partition coefficient (Wildman–Crippen LogP) is 3.30. The Balaban J connectivity index is 1.65. The van der Waals surface area contributed by atoms with Crippen LogP contribution in [0.5, 0.6) is 0 Å². The Bertz CT molecular complexity index is 832. The highest BCUT2D eigenvalue weighted by Gasteiger charge is 2.25. The van der Waals surface area contributed by atoms with Crippen molar-refractivity contribution in [2.75, 3.05) is 38.1 Å². The number of carbonyl (C=O) groups is 2. The molecule has 1 aromatic heterocycles. The number of aryl methyl sites for hydroxylation is 1. The topological polar surface area (TPSA) is 74.8 Å². The minimum atomic E-state index is -0.322. The molecule has 148 valence electrons. The Hall–Kier alpha value is -3.09. The number of benzene rings is 1. The van der Waals surface area contributed by atoms with Crippen molar-refractivity contribution in [3.63, 3.8) is 0 Å². The molecular weight excluding hydrogens is 356 g/mol. The molecule has 0 bridgehead atoms. The van der Waals surface area contributed by atoms with E-state index < -0.39 is 0 Å². The highest BCUT2D eigenvalue weighted by Crippen LogP contribution is 2.22. The average molecular weight is 382 g/mol. The first-order chi connectivity index (χ1) is 13.6. The molecule has 1 aromatic carbocycles. The van der Waals surface area contributed by atoms with E-state index in [4.69, 9.17) is 4.74 Å². The number of amides is 2. The van der Waals surface area contributed by atoms with E-state index in [1.807, 2.05) is 24.3 Å². The minimum Gasteiger partial charge on any atom is -0.450 e. The lowest BCUT2D eigenvalue weighted by molar-refractivity contribution is 0.0570. The molecule has 7 nitrogen and oxygen atoms in total. The molecule has 0 saturated carbocycles. The number of pyridine rings is 1. The van der Waals surface area contributed by atoms with Crippen LogP contribution in [0.15, 0.2) is 42.7 Å². The molecule has 0 unspecified atom stereocenters. The highest BCUT2D eigenvalue weighted by atomic mass is 16.6. The second-order valence-corrected chi connectivity index (χ2v) is 6.58. The Labute approximate surface area is 165 Å². The predicted molar refractivity (Wildman–Crippen MR) is 108 cm³/mol. The Kier molecular flexibility index (Phi) is 6.47. The summed E-state index contributed by atoms with van der Waals surface area (Å²) in [7, 11) is 0. The maximum absolute atomic E-state index is 12.9. The molecule has 1 fully saturated rings. The highest BCUT2D eigenvalue weighted by molar-refractivity contribution is 5.95. The molecule has 28 heavy (non-hydrogen) atoms. The number of carbonyl (C=O) groups excluding carboxylic acids is 2. The number of hydrogen-bond acceptors (Lipinski definition) is 5. The number of hydrogen-bond donors (Lipinski definition) is 1. The van der Waals surface area contributed by atoms with Crippen LogP contribution >= 0.6 is 0 Å². The third-order valence-electron chi connectivity index (χ3n) is 4.76. The SMILES string of the molecule is CCOC(=O)N1CCN(C(=O)c2cncc(Nc3ccccc3CC)c2)CC1. The van der Waals surface area contributed by atoms with Gasteiger partial charge in [-0.3, -0.25) is 9.78 Å². The second kappa shape index (κ2) is 9.21. The average Bonchev–Trinajstić information content (AvgIpc) is 2.74. The van der Waals surface area contributed by atoms with Crippen LogP contribution in [0, 0.1) is 0 Å². The zero-order valence-corrected chi connectivity index (χ0v) is 16.4. The van der Waals surface area contributed by atoms with Crippen molar-refractivity contribution in [3.05, 3.63) is 53.9 Å². The van der Waals surface area contributed by atoms with E-state index in [0.717, 1.165) is 17.8 Å². The number of piperazine rings is 1. The summed E-state index contributed by atoms with van der Waals surface area (Å²) in [4.78, 5) is 32.3. The van der Waals surface area contributed by atoms with Crippen molar-refractivity contribution in [1.29, 1.82) is 0 Å². The first-order valence-corrected chi connectivity index (χ1v) is 9.63. The van der Waals surface area contributed by atoms with E-state index in [9.17, 15) is 9.59 Å². The molecule has 0 spiro atoms. The molecule has 3 rings (SSSR count). The molecule has 0 radical (unpaired) electrons. The van der Waals surface area contributed by atoms with Gasteiger partial charge in [0.15, 0.2) is 0 Å². The van der Waals surface area contributed by atoms with E-state index in [2.05, 4.69) is 23.3 Å². The van der Waals surface area contributed by atoms with Crippen molar-refractivity contribution in [1.82, 2.24) is 14.8 Å². The van der Waals surface area contributed by atoms with Gasteiger partial charge in [0.1, 0.15) is 0 Å². The van der Waals surface area contributed by atoms with Crippen LogP contribution in [0.4, 0.5) is 16.2 Å². The molecule has 7 heteroatoms. The smallest absolute Gasteiger partial charge is 0.409 e.